The van der Waals surface area contributed by atoms with Crippen molar-refractivity contribution in [1.82, 2.24) is 4.72 Å². The molecule has 3 N–H and O–H groups in total. The zero-order valence-electron chi connectivity index (χ0n) is 11.0. The highest BCUT2D eigenvalue weighted by molar-refractivity contribution is 7.89. The molecule has 0 bridgehead atoms. The number of anilines is 1. The third kappa shape index (κ3) is 3.17. The number of carbonyl (C=O) groups excluding carboxylic acids is 1. The van der Waals surface area contributed by atoms with Crippen LogP contribution in [0.15, 0.2) is 17.0 Å². The molecule has 1 aromatic rings. The fraction of sp³-hybridized carbons (Fsp3) is 0.333. The van der Waals surface area contributed by atoms with E-state index in [4.69, 9.17) is 16.7 Å². The lowest BCUT2D eigenvalue weighted by molar-refractivity contribution is -0.139. The van der Waals surface area contributed by atoms with Crippen LogP contribution in [0.2, 0.25) is 5.02 Å². The lowest BCUT2D eigenvalue weighted by Gasteiger charge is -2.14. The number of hydrogen-bond donors (Lipinski definition) is 3. The molecule has 9 heteroatoms. The number of hydrogen-bond acceptors (Lipinski definition) is 4. The zero-order valence-corrected chi connectivity index (χ0v) is 12.6. The van der Waals surface area contributed by atoms with Crippen molar-refractivity contribution in [1.29, 1.82) is 0 Å². The molecule has 7 nitrogen and oxygen atoms in total. The predicted molar refractivity (Wildman–Crippen MR) is 75.8 cm³/mol. The number of rotatable bonds is 5. The fourth-order valence-corrected chi connectivity index (χ4v) is 3.84. The van der Waals surface area contributed by atoms with Gasteiger partial charge >= 0.3 is 5.97 Å². The molecule has 0 saturated heterocycles. The van der Waals surface area contributed by atoms with E-state index in [-0.39, 0.29) is 28.7 Å². The van der Waals surface area contributed by atoms with Crippen molar-refractivity contribution in [3.63, 3.8) is 0 Å². The molecule has 0 spiro atoms. The van der Waals surface area contributed by atoms with Crippen LogP contribution in [0, 0.1) is 0 Å². The van der Waals surface area contributed by atoms with Gasteiger partial charge in [0.2, 0.25) is 15.9 Å². The highest BCUT2D eigenvalue weighted by atomic mass is 35.5. The van der Waals surface area contributed by atoms with Gasteiger partial charge in [0.05, 0.1) is 11.4 Å². The number of carboxylic acid groups (broad SMARTS) is 1. The molecule has 1 aliphatic heterocycles. The molecule has 114 valence electrons. The molecule has 1 atom stereocenters. The van der Waals surface area contributed by atoms with Gasteiger partial charge in [0.25, 0.3) is 0 Å². The molecule has 1 amide bonds. The number of carboxylic acids is 1. The lowest BCUT2D eigenvalue weighted by atomic mass is 10.2. The monoisotopic (exact) mass is 332 g/mol. The van der Waals surface area contributed by atoms with Crippen LogP contribution in [-0.2, 0) is 26.0 Å². The minimum absolute atomic E-state index is 0.0607. The van der Waals surface area contributed by atoms with Crippen molar-refractivity contribution < 1.29 is 23.1 Å². The number of halogens is 1. The maximum Gasteiger partial charge on any atom is 0.321 e. The summed E-state index contributed by atoms with van der Waals surface area (Å²) in [5.74, 6) is -1.52. The highest BCUT2D eigenvalue weighted by Crippen LogP contribution is 2.32. The average Bonchev–Trinajstić information content (AvgIpc) is 2.73. The first kappa shape index (κ1) is 15.7. The number of amides is 1. The summed E-state index contributed by atoms with van der Waals surface area (Å²) in [4.78, 5) is 22.0. The average molecular weight is 333 g/mol. The summed E-state index contributed by atoms with van der Waals surface area (Å²) in [6, 6.07) is 1.39. The summed E-state index contributed by atoms with van der Waals surface area (Å²) in [5, 5.41) is 11.4. The Morgan fingerprint density at radius 1 is 1.52 bits per heavy atom. The second-order valence-electron chi connectivity index (χ2n) is 4.59. The van der Waals surface area contributed by atoms with Gasteiger partial charge < -0.3 is 10.4 Å². The maximum absolute atomic E-state index is 12.2. The normalized spacial score (nSPS) is 15.4. The smallest absolute Gasteiger partial charge is 0.321 e. The lowest BCUT2D eigenvalue weighted by Crippen LogP contribution is -2.40. The Labute approximate surface area is 126 Å². The Kier molecular flexibility index (Phi) is 4.22. The predicted octanol–water partition coefficient (Wildman–Crippen LogP) is 0.976. The Morgan fingerprint density at radius 3 is 2.76 bits per heavy atom. The third-order valence-electron chi connectivity index (χ3n) is 3.08. The van der Waals surface area contributed by atoms with E-state index in [9.17, 15) is 18.0 Å². The van der Waals surface area contributed by atoms with Crippen LogP contribution in [0.3, 0.4) is 0 Å². The van der Waals surface area contributed by atoms with E-state index in [2.05, 4.69) is 10.0 Å². The first-order valence-corrected chi connectivity index (χ1v) is 7.98. The number of fused-ring (bicyclic) bond motifs is 1. The molecule has 0 radical (unpaired) electrons. The Bertz CT molecular complexity index is 717. The van der Waals surface area contributed by atoms with Crippen molar-refractivity contribution >= 4 is 39.2 Å². The number of aliphatic carboxylic acids is 1. The van der Waals surface area contributed by atoms with Crippen molar-refractivity contribution in [3.05, 3.63) is 22.7 Å². The van der Waals surface area contributed by atoms with Gasteiger partial charge in [-0.15, -0.1) is 0 Å². The number of sulfonamides is 1. The summed E-state index contributed by atoms with van der Waals surface area (Å²) in [5.41, 5.74) is 0.974. The van der Waals surface area contributed by atoms with Crippen molar-refractivity contribution in [2.75, 3.05) is 5.32 Å². The maximum atomic E-state index is 12.2. The fourth-order valence-electron chi connectivity index (χ4n) is 1.99. The molecule has 1 aromatic carbocycles. The molecule has 1 heterocycles. The van der Waals surface area contributed by atoms with Crippen LogP contribution in [0.5, 0.6) is 0 Å². The number of carbonyl (C=O) groups is 2. The minimum Gasteiger partial charge on any atom is -0.480 e. The van der Waals surface area contributed by atoms with Crippen LogP contribution in [0.1, 0.15) is 18.9 Å². The van der Waals surface area contributed by atoms with Crippen molar-refractivity contribution in [2.24, 2.45) is 0 Å². The highest BCUT2D eigenvalue weighted by Gasteiger charge is 2.28. The second kappa shape index (κ2) is 5.63. The molecule has 1 aliphatic rings. The Balaban J connectivity index is 2.39. The van der Waals surface area contributed by atoms with E-state index < -0.39 is 22.0 Å². The van der Waals surface area contributed by atoms with E-state index in [1.54, 1.807) is 6.92 Å². The van der Waals surface area contributed by atoms with Crippen LogP contribution in [-0.4, -0.2) is 31.4 Å². The molecule has 0 unspecified atom stereocenters. The molecular formula is C12H13ClN2O5S. The van der Waals surface area contributed by atoms with Gasteiger partial charge in [-0.25, -0.2) is 8.42 Å². The third-order valence-corrected chi connectivity index (χ3v) is 5.01. The SMILES string of the molecule is CC[C@H](NS(=O)(=O)c1cc2c(cc1Cl)NC(=O)C2)C(=O)O. The summed E-state index contributed by atoms with van der Waals surface area (Å²) in [6.45, 7) is 1.55. The van der Waals surface area contributed by atoms with Crippen LogP contribution >= 0.6 is 11.6 Å². The van der Waals surface area contributed by atoms with Gasteiger partial charge in [-0.3, -0.25) is 9.59 Å². The molecular weight excluding hydrogens is 320 g/mol. The van der Waals surface area contributed by atoms with E-state index in [0.29, 0.717) is 11.3 Å². The van der Waals surface area contributed by atoms with Gasteiger partial charge in [0, 0.05) is 5.69 Å². The first-order valence-electron chi connectivity index (χ1n) is 6.12. The molecule has 0 fully saturated rings. The largest absolute Gasteiger partial charge is 0.480 e. The Morgan fingerprint density at radius 2 is 2.19 bits per heavy atom. The van der Waals surface area contributed by atoms with E-state index in [1.807, 2.05) is 0 Å². The summed E-state index contributed by atoms with van der Waals surface area (Å²) >= 11 is 5.93. The standard InChI is InChI=1S/C12H13ClN2O5S/c1-2-8(12(17)18)15-21(19,20)10-3-6-4-11(16)14-9(6)5-7(10)13/h3,5,8,15H,2,4H2,1H3,(H,14,16)(H,17,18)/t8-/m0/s1. The molecule has 0 aliphatic carbocycles. The summed E-state index contributed by atoms with van der Waals surface area (Å²) in [6.07, 6.45) is 0.155. The van der Waals surface area contributed by atoms with Crippen LogP contribution in [0.4, 0.5) is 5.69 Å². The number of benzene rings is 1. The van der Waals surface area contributed by atoms with Crippen molar-refractivity contribution in [2.45, 2.75) is 30.7 Å². The number of nitrogens with one attached hydrogen (secondary N) is 2. The molecule has 21 heavy (non-hydrogen) atoms. The van der Waals surface area contributed by atoms with Crippen molar-refractivity contribution in [3.8, 4) is 0 Å². The Hall–Kier alpha value is -1.64. The van der Waals surface area contributed by atoms with E-state index in [0.717, 1.165) is 0 Å². The van der Waals surface area contributed by atoms with Gasteiger partial charge in [0.15, 0.2) is 0 Å². The van der Waals surface area contributed by atoms with Gasteiger partial charge in [0.1, 0.15) is 10.9 Å². The van der Waals surface area contributed by atoms with Crippen LogP contribution in [0.25, 0.3) is 0 Å². The molecule has 0 saturated carbocycles. The first-order chi connectivity index (χ1) is 9.74. The van der Waals surface area contributed by atoms with E-state index >= 15 is 0 Å². The zero-order chi connectivity index (χ0) is 15.8. The van der Waals surface area contributed by atoms with Gasteiger partial charge in [-0.05, 0) is 24.1 Å². The van der Waals surface area contributed by atoms with Gasteiger partial charge in [-0.2, -0.15) is 4.72 Å². The molecule has 0 aromatic heterocycles. The minimum atomic E-state index is -4.09. The second-order valence-corrected chi connectivity index (χ2v) is 6.67. The van der Waals surface area contributed by atoms with E-state index in [1.165, 1.54) is 12.1 Å². The quantitative estimate of drug-likeness (QED) is 0.744. The summed E-state index contributed by atoms with van der Waals surface area (Å²) < 4.78 is 26.6. The summed E-state index contributed by atoms with van der Waals surface area (Å²) in [7, 11) is -4.09. The van der Waals surface area contributed by atoms with Crippen LogP contribution < -0.4 is 10.0 Å². The topological polar surface area (TPSA) is 113 Å². The van der Waals surface area contributed by atoms with Gasteiger partial charge in [-0.1, -0.05) is 18.5 Å². The molecule has 2 rings (SSSR count).